The van der Waals surface area contributed by atoms with Crippen LogP contribution in [0.3, 0.4) is 0 Å². The maximum absolute atomic E-state index is 9.61. The second kappa shape index (κ2) is 6.89. The highest BCUT2D eigenvalue weighted by molar-refractivity contribution is 5.11. The number of hydrogen-bond donors (Lipinski definition) is 1. The summed E-state index contributed by atoms with van der Waals surface area (Å²) in [4.78, 5) is 2.62. The highest BCUT2D eigenvalue weighted by Gasteiger charge is 2.40. The van der Waals surface area contributed by atoms with Crippen molar-refractivity contribution in [3.63, 3.8) is 0 Å². The van der Waals surface area contributed by atoms with Crippen molar-refractivity contribution in [2.45, 2.75) is 76.6 Å². The topological polar surface area (TPSA) is 48.3 Å². The van der Waals surface area contributed by atoms with Gasteiger partial charge in [0.1, 0.15) is 5.54 Å². The summed E-state index contributed by atoms with van der Waals surface area (Å²) in [7, 11) is 0. The summed E-state index contributed by atoms with van der Waals surface area (Å²) in [6.07, 6.45) is 5.76. The fraction of sp³-hybridized carbons (Fsp3) is 0.938. The van der Waals surface area contributed by atoms with Gasteiger partial charge in [0, 0.05) is 18.6 Å². The van der Waals surface area contributed by atoms with Crippen LogP contribution in [0.15, 0.2) is 0 Å². The van der Waals surface area contributed by atoms with Crippen molar-refractivity contribution in [2.24, 2.45) is 0 Å². The Morgan fingerprint density at radius 3 is 2.90 bits per heavy atom. The molecule has 20 heavy (non-hydrogen) atoms. The van der Waals surface area contributed by atoms with Crippen molar-refractivity contribution in [3.05, 3.63) is 0 Å². The third-order valence-corrected chi connectivity index (χ3v) is 4.90. The van der Waals surface area contributed by atoms with Gasteiger partial charge in [-0.1, -0.05) is 13.8 Å². The first-order valence-electron chi connectivity index (χ1n) is 8.17. The molecule has 4 heteroatoms. The van der Waals surface area contributed by atoms with E-state index in [0.29, 0.717) is 18.2 Å². The Morgan fingerprint density at radius 1 is 1.45 bits per heavy atom. The predicted octanol–water partition coefficient (Wildman–Crippen LogP) is 2.30. The van der Waals surface area contributed by atoms with E-state index in [0.717, 1.165) is 45.4 Å². The smallest absolute Gasteiger partial charge is 0.108 e. The van der Waals surface area contributed by atoms with E-state index in [1.807, 2.05) is 0 Å². The van der Waals surface area contributed by atoms with E-state index in [9.17, 15) is 5.26 Å². The highest BCUT2D eigenvalue weighted by atomic mass is 16.5. The second-order valence-corrected chi connectivity index (χ2v) is 6.38. The molecule has 0 aromatic carbocycles. The maximum Gasteiger partial charge on any atom is 0.108 e. The minimum atomic E-state index is -0.308. The fourth-order valence-electron chi connectivity index (χ4n) is 3.84. The Bertz CT molecular complexity index is 350. The first-order chi connectivity index (χ1) is 9.64. The summed E-state index contributed by atoms with van der Waals surface area (Å²) in [6, 6.07) is 3.61. The molecule has 0 bridgehead atoms. The molecular formula is C16H29N3O. The van der Waals surface area contributed by atoms with Crippen LogP contribution in [0.2, 0.25) is 0 Å². The number of hydrogen-bond acceptors (Lipinski definition) is 4. The molecule has 4 nitrogen and oxygen atoms in total. The Kier molecular flexibility index (Phi) is 5.42. The maximum atomic E-state index is 9.61. The zero-order chi connectivity index (χ0) is 14.6. The summed E-state index contributed by atoms with van der Waals surface area (Å²) in [5, 5.41) is 13.0. The molecule has 1 aliphatic carbocycles. The number of rotatable bonds is 4. The molecule has 2 rings (SSSR count). The Morgan fingerprint density at radius 2 is 2.25 bits per heavy atom. The van der Waals surface area contributed by atoms with E-state index in [2.05, 4.69) is 37.1 Å². The molecule has 0 radical (unpaired) electrons. The first-order valence-corrected chi connectivity index (χ1v) is 8.17. The Balaban J connectivity index is 2.08. The standard InChI is InChI=1S/C16H29N3O/c1-4-14-11-20-13(3)10-19(14)15-7-6-8-16(9-15,12-17)18-5-2/h13-15,18H,4-11H2,1-3H3. The number of nitriles is 1. The van der Waals surface area contributed by atoms with Crippen LogP contribution in [0.4, 0.5) is 0 Å². The van der Waals surface area contributed by atoms with Crippen LogP contribution in [0.25, 0.3) is 0 Å². The Hall–Kier alpha value is -0.630. The van der Waals surface area contributed by atoms with Gasteiger partial charge in [-0.05, 0) is 45.6 Å². The molecule has 4 atom stereocenters. The largest absolute Gasteiger partial charge is 0.376 e. The molecule has 0 amide bonds. The fourth-order valence-corrected chi connectivity index (χ4v) is 3.84. The molecule has 2 fully saturated rings. The number of ether oxygens (including phenoxy) is 1. The summed E-state index contributed by atoms with van der Waals surface area (Å²) in [5.74, 6) is 0. The van der Waals surface area contributed by atoms with E-state index >= 15 is 0 Å². The minimum absolute atomic E-state index is 0.308. The lowest BCUT2D eigenvalue weighted by atomic mass is 9.78. The molecule has 1 heterocycles. The van der Waals surface area contributed by atoms with Crippen LogP contribution >= 0.6 is 0 Å². The van der Waals surface area contributed by atoms with Gasteiger partial charge in [-0.3, -0.25) is 10.2 Å². The van der Waals surface area contributed by atoms with Crippen LogP contribution < -0.4 is 5.32 Å². The van der Waals surface area contributed by atoms with E-state index < -0.39 is 0 Å². The number of nitrogens with one attached hydrogen (secondary N) is 1. The van der Waals surface area contributed by atoms with Crippen LogP contribution in [-0.2, 0) is 4.74 Å². The first kappa shape index (κ1) is 15.8. The van der Waals surface area contributed by atoms with Crippen molar-refractivity contribution < 1.29 is 4.74 Å². The zero-order valence-corrected chi connectivity index (χ0v) is 13.2. The van der Waals surface area contributed by atoms with Gasteiger partial charge in [0.05, 0.1) is 18.8 Å². The van der Waals surface area contributed by atoms with Crippen molar-refractivity contribution in [1.82, 2.24) is 10.2 Å². The van der Waals surface area contributed by atoms with Crippen LogP contribution in [0.1, 0.15) is 52.9 Å². The average Bonchev–Trinajstić information content (AvgIpc) is 2.48. The summed E-state index contributed by atoms with van der Waals surface area (Å²) >= 11 is 0. The lowest BCUT2D eigenvalue weighted by molar-refractivity contribution is -0.0809. The lowest BCUT2D eigenvalue weighted by Crippen LogP contribution is -2.58. The van der Waals surface area contributed by atoms with Crippen molar-refractivity contribution in [1.29, 1.82) is 5.26 Å². The lowest BCUT2D eigenvalue weighted by Gasteiger charge is -2.47. The molecule has 0 aromatic heterocycles. The third-order valence-electron chi connectivity index (χ3n) is 4.90. The minimum Gasteiger partial charge on any atom is -0.376 e. The predicted molar refractivity (Wildman–Crippen MR) is 80.5 cm³/mol. The molecule has 2 aliphatic rings. The summed E-state index contributed by atoms with van der Waals surface area (Å²) < 4.78 is 5.81. The normalized spacial score (nSPS) is 39.4. The number of nitrogens with zero attached hydrogens (tertiary/aromatic N) is 2. The van der Waals surface area contributed by atoms with E-state index in [4.69, 9.17) is 4.74 Å². The molecule has 0 spiro atoms. The molecule has 1 saturated carbocycles. The van der Waals surface area contributed by atoms with Crippen molar-refractivity contribution >= 4 is 0 Å². The molecule has 0 aromatic rings. The highest BCUT2D eigenvalue weighted by Crippen LogP contribution is 2.33. The average molecular weight is 279 g/mol. The third kappa shape index (κ3) is 3.33. The van der Waals surface area contributed by atoms with E-state index in [-0.39, 0.29) is 5.54 Å². The van der Waals surface area contributed by atoms with Gasteiger partial charge in [0.15, 0.2) is 0 Å². The van der Waals surface area contributed by atoms with Gasteiger partial charge in [0.25, 0.3) is 0 Å². The number of morpholine rings is 1. The zero-order valence-electron chi connectivity index (χ0n) is 13.2. The monoisotopic (exact) mass is 279 g/mol. The molecular weight excluding hydrogens is 250 g/mol. The van der Waals surface area contributed by atoms with Gasteiger partial charge in [-0.15, -0.1) is 0 Å². The summed E-state index contributed by atoms with van der Waals surface area (Å²) in [6.45, 7) is 9.21. The Labute approximate surface area is 123 Å². The van der Waals surface area contributed by atoms with Crippen molar-refractivity contribution in [3.8, 4) is 6.07 Å². The van der Waals surface area contributed by atoms with Gasteiger partial charge >= 0.3 is 0 Å². The van der Waals surface area contributed by atoms with Crippen molar-refractivity contribution in [2.75, 3.05) is 19.7 Å². The molecule has 4 unspecified atom stereocenters. The second-order valence-electron chi connectivity index (χ2n) is 6.38. The van der Waals surface area contributed by atoms with Gasteiger partial charge in [-0.2, -0.15) is 5.26 Å². The quantitative estimate of drug-likeness (QED) is 0.858. The van der Waals surface area contributed by atoms with Gasteiger partial charge in [-0.25, -0.2) is 0 Å². The van der Waals surface area contributed by atoms with Gasteiger partial charge < -0.3 is 4.74 Å². The van der Waals surface area contributed by atoms with Crippen LogP contribution in [0, 0.1) is 11.3 Å². The molecule has 114 valence electrons. The molecule has 1 saturated heterocycles. The molecule has 1 N–H and O–H groups in total. The van der Waals surface area contributed by atoms with E-state index in [1.165, 1.54) is 6.42 Å². The molecule has 1 aliphatic heterocycles. The summed E-state index contributed by atoms with van der Waals surface area (Å²) in [5.41, 5.74) is -0.308. The van der Waals surface area contributed by atoms with Crippen LogP contribution in [-0.4, -0.2) is 48.3 Å². The SMILES string of the molecule is CCNC1(C#N)CCCC(N2CC(C)OCC2CC)C1. The van der Waals surface area contributed by atoms with Gasteiger partial charge in [0.2, 0.25) is 0 Å². The van der Waals surface area contributed by atoms with E-state index in [1.54, 1.807) is 0 Å². The van der Waals surface area contributed by atoms with Crippen LogP contribution in [0.5, 0.6) is 0 Å².